The molecule has 7 heteroatoms. The van der Waals surface area contributed by atoms with E-state index in [0.29, 0.717) is 11.3 Å². The van der Waals surface area contributed by atoms with Crippen LogP contribution in [0.1, 0.15) is 10.5 Å². The van der Waals surface area contributed by atoms with Crippen LogP contribution in [0.2, 0.25) is 0 Å². The fourth-order valence-electron chi connectivity index (χ4n) is 1.50. The number of carboxylic acid groups (broad SMARTS) is 1. The van der Waals surface area contributed by atoms with Gasteiger partial charge in [-0.15, -0.1) is 4.36 Å². The molecule has 18 heavy (non-hydrogen) atoms. The Balaban J connectivity index is 2.44. The van der Waals surface area contributed by atoms with Crippen molar-refractivity contribution in [3.05, 3.63) is 42.1 Å². The standard InChI is InChI=1S/C11H8N2O4S/c14-11(15)10-5-4-9(12-10)7-2-1-3-8(6-7)13-18(16)17/h1-6,12H,(H,14,15). The van der Waals surface area contributed by atoms with Gasteiger partial charge in [-0.3, -0.25) is 0 Å². The lowest BCUT2D eigenvalue weighted by molar-refractivity contribution is 0.0691. The van der Waals surface area contributed by atoms with Crippen molar-refractivity contribution in [1.82, 2.24) is 4.98 Å². The number of nitrogens with one attached hydrogen (secondary N) is 1. The minimum atomic E-state index is -2.51. The van der Waals surface area contributed by atoms with Gasteiger partial charge in [-0.2, -0.15) is 8.42 Å². The molecular formula is C11H8N2O4S. The van der Waals surface area contributed by atoms with Crippen LogP contribution in [0.25, 0.3) is 11.3 Å². The number of aromatic nitrogens is 1. The molecule has 0 aliphatic heterocycles. The number of H-pyrrole nitrogens is 1. The van der Waals surface area contributed by atoms with E-state index in [0.717, 1.165) is 0 Å². The van der Waals surface area contributed by atoms with Gasteiger partial charge in [-0.05, 0) is 24.3 Å². The molecule has 0 atom stereocenters. The Kier molecular flexibility index (Phi) is 3.24. The van der Waals surface area contributed by atoms with Crippen LogP contribution in [0.15, 0.2) is 40.8 Å². The number of nitrogens with zero attached hydrogens (tertiary/aromatic N) is 1. The summed E-state index contributed by atoms with van der Waals surface area (Å²) < 4.78 is 24.3. The zero-order chi connectivity index (χ0) is 13.1. The monoisotopic (exact) mass is 264 g/mol. The first-order valence-corrected chi connectivity index (χ1v) is 5.93. The second-order valence-electron chi connectivity index (χ2n) is 3.45. The van der Waals surface area contributed by atoms with Gasteiger partial charge in [0.25, 0.3) is 0 Å². The van der Waals surface area contributed by atoms with Crippen molar-refractivity contribution >= 4 is 22.2 Å². The molecule has 0 saturated heterocycles. The van der Waals surface area contributed by atoms with Crippen LogP contribution in [0.4, 0.5) is 5.69 Å². The summed E-state index contributed by atoms with van der Waals surface area (Å²) in [6.07, 6.45) is 0. The molecule has 2 rings (SSSR count). The summed E-state index contributed by atoms with van der Waals surface area (Å²) >= 11 is 0. The molecule has 0 saturated carbocycles. The Morgan fingerprint density at radius 1 is 1.22 bits per heavy atom. The first kappa shape index (κ1) is 12.1. The highest BCUT2D eigenvalue weighted by Crippen LogP contribution is 2.23. The largest absolute Gasteiger partial charge is 0.477 e. The SMILES string of the molecule is O=C(O)c1ccc(-c2cccc(N=S(=O)=O)c2)[nH]1. The van der Waals surface area contributed by atoms with E-state index in [-0.39, 0.29) is 11.4 Å². The lowest BCUT2D eigenvalue weighted by atomic mass is 10.1. The molecular weight excluding hydrogens is 256 g/mol. The Morgan fingerprint density at radius 2 is 2.00 bits per heavy atom. The van der Waals surface area contributed by atoms with Gasteiger partial charge in [0.2, 0.25) is 0 Å². The van der Waals surface area contributed by atoms with Gasteiger partial charge in [0.15, 0.2) is 0 Å². The van der Waals surface area contributed by atoms with Crippen molar-refractivity contribution in [3.63, 3.8) is 0 Å². The Labute approximate surface area is 104 Å². The molecule has 0 unspecified atom stereocenters. The number of carboxylic acids is 1. The average molecular weight is 264 g/mol. The van der Waals surface area contributed by atoms with Crippen molar-refractivity contribution in [2.45, 2.75) is 0 Å². The normalized spacial score (nSPS) is 10.0. The second-order valence-corrected chi connectivity index (χ2v) is 4.07. The second kappa shape index (κ2) is 4.84. The maximum atomic E-state index is 10.7. The topological polar surface area (TPSA) is 99.6 Å². The van der Waals surface area contributed by atoms with Crippen molar-refractivity contribution in [2.24, 2.45) is 4.36 Å². The third-order valence-corrected chi connectivity index (χ3v) is 2.61. The van der Waals surface area contributed by atoms with E-state index in [1.807, 2.05) is 0 Å². The summed E-state index contributed by atoms with van der Waals surface area (Å²) in [6, 6.07) is 9.50. The predicted octanol–water partition coefficient (Wildman–Crippen LogP) is 2.07. The number of hydrogen-bond acceptors (Lipinski definition) is 4. The number of benzene rings is 1. The highest BCUT2D eigenvalue weighted by molar-refractivity contribution is 7.61. The maximum absolute atomic E-state index is 10.7. The molecule has 2 aromatic rings. The van der Waals surface area contributed by atoms with Crippen LogP contribution in [0.3, 0.4) is 0 Å². The minimum absolute atomic E-state index is 0.0692. The number of aromatic amines is 1. The number of aromatic carboxylic acids is 1. The smallest absolute Gasteiger partial charge is 0.352 e. The van der Waals surface area contributed by atoms with E-state index >= 15 is 0 Å². The lowest BCUT2D eigenvalue weighted by Crippen LogP contribution is -1.95. The van der Waals surface area contributed by atoms with Crippen LogP contribution >= 0.6 is 0 Å². The van der Waals surface area contributed by atoms with Crippen molar-refractivity contribution in [2.75, 3.05) is 0 Å². The third-order valence-electron chi connectivity index (χ3n) is 2.25. The van der Waals surface area contributed by atoms with Crippen LogP contribution in [-0.4, -0.2) is 24.5 Å². The number of carbonyl (C=O) groups is 1. The Morgan fingerprint density at radius 3 is 2.61 bits per heavy atom. The molecule has 1 aromatic carbocycles. The number of rotatable bonds is 3. The molecule has 0 bridgehead atoms. The molecule has 92 valence electrons. The van der Waals surface area contributed by atoms with Crippen LogP contribution in [-0.2, 0) is 10.5 Å². The van der Waals surface area contributed by atoms with Gasteiger partial charge in [0.05, 0.1) is 5.69 Å². The summed E-state index contributed by atoms with van der Waals surface area (Å²) in [5.74, 6) is -1.05. The van der Waals surface area contributed by atoms with E-state index in [9.17, 15) is 13.2 Å². The van der Waals surface area contributed by atoms with Gasteiger partial charge in [-0.25, -0.2) is 4.79 Å². The van der Waals surface area contributed by atoms with Crippen LogP contribution in [0.5, 0.6) is 0 Å². The molecule has 0 spiro atoms. The zero-order valence-electron chi connectivity index (χ0n) is 8.99. The molecule has 0 aliphatic carbocycles. The third kappa shape index (κ3) is 2.64. The zero-order valence-corrected chi connectivity index (χ0v) is 9.81. The van der Waals surface area contributed by atoms with Crippen molar-refractivity contribution < 1.29 is 18.3 Å². The van der Waals surface area contributed by atoms with E-state index in [1.54, 1.807) is 30.3 Å². The lowest BCUT2D eigenvalue weighted by Gasteiger charge is -1.98. The summed E-state index contributed by atoms with van der Waals surface area (Å²) in [5, 5.41) is 8.79. The summed E-state index contributed by atoms with van der Waals surface area (Å²) in [7, 11) is -2.51. The van der Waals surface area contributed by atoms with Crippen molar-refractivity contribution in [1.29, 1.82) is 0 Å². The average Bonchev–Trinajstić information content (AvgIpc) is 2.77. The highest BCUT2D eigenvalue weighted by atomic mass is 32.2. The summed E-state index contributed by atoms with van der Waals surface area (Å²) in [5.41, 5.74) is 1.60. The summed E-state index contributed by atoms with van der Waals surface area (Å²) in [6.45, 7) is 0. The van der Waals surface area contributed by atoms with Gasteiger partial charge in [-0.1, -0.05) is 12.1 Å². The van der Waals surface area contributed by atoms with Crippen LogP contribution < -0.4 is 0 Å². The number of hydrogen-bond donors (Lipinski definition) is 2. The van der Waals surface area contributed by atoms with E-state index in [2.05, 4.69) is 9.35 Å². The van der Waals surface area contributed by atoms with Gasteiger partial charge >= 0.3 is 16.5 Å². The maximum Gasteiger partial charge on any atom is 0.352 e. The molecule has 1 aromatic heterocycles. The summed E-state index contributed by atoms with van der Waals surface area (Å²) in [4.78, 5) is 13.4. The van der Waals surface area contributed by atoms with Crippen LogP contribution in [0, 0.1) is 0 Å². The fraction of sp³-hybridized carbons (Fsp3) is 0. The molecule has 6 nitrogen and oxygen atoms in total. The van der Waals surface area contributed by atoms with Crippen molar-refractivity contribution in [3.8, 4) is 11.3 Å². The Bertz CT molecular complexity index is 723. The predicted molar refractivity (Wildman–Crippen MR) is 64.2 cm³/mol. The van der Waals surface area contributed by atoms with Gasteiger partial charge < -0.3 is 10.1 Å². The first-order valence-electron chi connectivity index (χ1n) is 4.90. The molecule has 0 aliphatic rings. The first-order chi connectivity index (χ1) is 8.56. The minimum Gasteiger partial charge on any atom is -0.477 e. The molecule has 2 N–H and O–H groups in total. The quantitative estimate of drug-likeness (QED) is 0.886. The van der Waals surface area contributed by atoms with E-state index < -0.39 is 16.5 Å². The Hall–Kier alpha value is -2.41. The van der Waals surface area contributed by atoms with Gasteiger partial charge in [0, 0.05) is 11.3 Å². The molecule has 0 fully saturated rings. The molecule has 1 heterocycles. The highest BCUT2D eigenvalue weighted by Gasteiger charge is 2.07. The molecule has 0 radical (unpaired) electrons. The van der Waals surface area contributed by atoms with Gasteiger partial charge in [0.1, 0.15) is 5.69 Å². The fourth-order valence-corrected chi connectivity index (χ4v) is 1.79. The molecule has 0 amide bonds. The van der Waals surface area contributed by atoms with E-state index in [4.69, 9.17) is 5.11 Å². The van der Waals surface area contributed by atoms with E-state index in [1.165, 1.54) is 6.07 Å².